The average Bonchev–Trinajstić information content (AvgIpc) is 3.34. The number of fused-ring (bicyclic) bond motifs is 1. The van der Waals surface area contributed by atoms with E-state index < -0.39 is 11.6 Å². The topological polar surface area (TPSA) is 114 Å². The molecule has 0 aliphatic carbocycles. The fourth-order valence-electron chi connectivity index (χ4n) is 5.18. The molecule has 2 aromatic carbocycles. The second kappa shape index (κ2) is 13.5. The van der Waals surface area contributed by atoms with Gasteiger partial charge >= 0.3 is 0 Å². The second-order valence-electron chi connectivity index (χ2n) is 11.7. The maximum Gasteiger partial charge on any atom is 0.257 e. The number of pyridine rings is 1. The van der Waals surface area contributed by atoms with E-state index in [4.69, 9.17) is 25.8 Å². The number of nitrogens with one attached hydrogen (secondary N) is 2. The third kappa shape index (κ3) is 7.82. The molecular weight excluding hydrogens is 613 g/mol. The maximum absolute atomic E-state index is 14.8. The summed E-state index contributed by atoms with van der Waals surface area (Å²) in [4.78, 5) is 21.6. The Morgan fingerprint density at radius 3 is 2.65 bits per heavy atom. The number of piperazine rings is 1. The fourth-order valence-corrected chi connectivity index (χ4v) is 5.35. The van der Waals surface area contributed by atoms with E-state index in [0.717, 1.165) is 31.7 Å². The first-order valence-electron chi connectivity index (χ1n) is 15.0. The second-order valence-corrected chi connectivity index (χ2v) is 12.2. The molecule has 13 heteroatoms. The van der Waals surface area contributed by atoms with Gasteiger partial charge < -0.3 is 34.6 Å². The van der Waals surface area contributed by atoms with Crippen LogP contribution in [0.25, 0.3) is 11.3 Å². The number of nitrogens with zero attached hydrogens (tertiary/aromatic N) is 5. The van der Waals surface area contributed by atoms with Gasteiger partial charge in [0.15, 0.2) is 11.5 Å². The minimum atomic E-state index is -0.747. The molecule has 2 aliphatic rings. The standard InChI is InChI=1S/C33H35ClFN7O4/c1-33(2)45-28-7-4-21(16-29(28)46-33)20-44-32-27(19-26(39-40-32)24-17-22(34)5-6-25(24)35)37-23-8-10-36-30(18-23)38-31(43)9-11-42-14-12-41(3)13-15-42/h4-8,10,16-19H,9,11-15,20H2,1-3H3,(H2,36,37,38,39,43). The molecule has 4 aromatic rings. The molecule has 0 bridgehead atoms. The third-order valence-electron chi connectivity index (χ3n) is 7.62. The van der Waals surface area contributed by atoms with Gasteiger partial charge in [-0.2, -0.15) is 0 Å². The Labute approximate surface area is 271 Å². The molecule has 4 heterocycles. The van der Waals surface area contributed by atoms with Crippen molar-refractivity contribution in [3.8, 4) is 28.6 Å². The highest BCUT2D eigenvalue weighted by atomic mass is 35.5. The lowest BCUT2D eigenvalue weighted by molar-refractivity contribution is -0.116. The van der Waals surface area contributed by atoms with E-state index in [1.165, 1.54) is 18.2 Å². The highest BCUT2D eigenvalue weighted by Crippen LogP contribution is 2.40. The summed E-state index contributed by atoms with van der Waals surface area (Å²) < 4.78 is 32.5. The van der Waals surface area contributed by atoms with Gasteiger partial charge in [-0.25, -0.2) is 9.37 Å². The van der Waals surface area contributed by atoms with E-state index in [1.54, 1.807) is 24.4 Å². The van der Waals surface area contributed by atoms with Gasteiger partial charge in [0.1, 0.15) is 23.9 Å². The zero-order valence-corrected chi connectivity index (χ0v) is 26.6. The molecule has 1 saturated heterocycles. The first-order valence-corrected chi connectivity index (χ1v) is 15.4. The van der Waals surface area contributed by atoms with Gasteiger partial charge in [0.05, 0.1) is 5.69 Å². The molecule has 0 unspecified atom stereocenters. The van der Waals surface area contributed by atoms with Crippen LogP contribution in [0.3, 0.4) is 0 Å². The molecule has 1 fully saturated rings. The van der Waals surface area contributed by atoms with E-state index in [2.05, 4.69) is 42.7 Å². The van der Waals surface area contributed by atoms with Gasteiger partial charge in [-0.15, -0.1) is 10.2 Å². The first kappa shape index (κ1) is 31.5. The SMILES string of the molecule is CN1CCN(CCC(=O)Nc2cc(Nc3cc(-c4cc(Cl)ccc4F)nnc3OCc3ccc4c(c3)OC(C)(C)O4)ccn2)CC1. The summed E-state index contributed by atoms with van der Waals surface area (Å²) >= 11 is 6.15. The largest absolute Gasteiger partial charge is 0.470 e. The summed E-state index contributed by atoms with van der Waals surface area (Å²) in [6.45, 7) is 8.39. The molecule has 1 amide bonds. The monoisotopic (exact) mass is 647 g/mol. The highest BCUT2D eigenvalue weighted by molar-refractivity contribution is 6.30. The third-order valence-corrected chi connectivity index (χ3v) is 7.85. The molecule has 6 rings (SSSR count). The number of carbonyl (C=O) groups is 1. The predicted octanol–water partition coefficient (Wildman–Crippen LogP) is 5.74. The van der Waals surface area contributed by atoms with Gasteiger partial charge in [-0.1, -0.05) is 17.7 Å². The number of aromatic nitrogens is 3. The van der Waals surface area contributed by atoms with Crippen LogP contribution in [0, 0.1) is 5.82 Å². The van der Waals surface area contributed by atoms with Crippen molar-refractivity contribution in [3.63, 3.8) is 0 Å². The Bertz CT molecular complexity index is 1730. The summed E-state index contributed by atoms with van der Waals surface area (Å²) in [5, 5.41) is 15.0. The molecule has 0 saturated carbocycles. The molecule has 0 atom stereocenters. The van der Waals surface area contributed by atoms with Crippen molar-refractivity contribution in [1.82, 2.24) is 25.0 Å². The molecular formula is C33H35ClFN7O4. The number of anilines is 3. The van der Waals surface area contributed by atoms with Crippen LogP contribution >= 0.6 is 11.6 Å². The van der Waals surface area contributed by atoms with Crippen molar-refractivity contribution in [1.29, 1.82) is 0 Å². The number of carbonyl (C=O) groups excluding carboxylic acids is 1. The quantitative estimate of drug-likeness (QED) is 0.221. The first-order chi connectivity index (χ1) is 22.1. The highest BCUT2D eigenvalue weighted by Gasteiger charge is 2.31. The van der Waals surface area contributed by atoms with Crippen LogP contribution in [0.2, 0.25) is 5.02 Å². The van der Waals surface area contributed by atoms with E-state index >= 15 is 0 Å². The zero-order chi connectivity index (χ0) is 32.3. The number of hydrogen-bond donors (Lipinski definition) is 2. The summed E-state index contributed by atoms with van der Waals surface area (Å²) in [6.07, 6.45) is 1.94. The Morgan fingerprint density at radius 2 is 1.83 bits per heavy atom. The van der Waals surface area contributed by atoms with Gasteiger partial charge in [0.2, 0.25) is 11.7 Å². The van der Waals surface area contributed by atoms with Crippen molar-refractivity contribution < 1.29 is 23.4 Å². The Morgan fingerprint density at radius 1 is 1.02 bits per heavy atom. The van der Waals surface area contributed by atoms with Gasteiger partial charge in [-0.3, -0.25) is 4.79 Å². The Balaban J connectivity index is 1.19. The van der Waals surface area contributed by atoms with E-state index in [0.29, 0.717) is 46.7 Å². The minimum absolute atomic E-state index is 0.121. The molecule has 2 N–H and O–H groups in total. The summed E-state index contributed by atoms with van der Waals surface area (Å²) in [6, 6.07) is 14.9. The van der Waals surface area contributed by atoms with Crippen molar-refractivity contribution in [2.24, 2.45) is 0 Å². The van der Waals surface area contributed by atoms with Crippen LogP contribution < -0.4 is 24.8 Å². The Kier molecular flexibility index (Phi) is 9.20. The lowest BCUT2D eigenvalue weighted by Crippen LogP contribution is -2.45. The van der Waals surface area contributed by atoms with E-state index in [1.807, 2.05) is 32.0 Å². The lowest BCUT2D eigenvalue weighted by Gasteiger charge is -2.32. The van der Waals surface area contributed by atoms with Crippen molar-refractivity contribution in [2.45, 2.75) is 32.7 Å². The zero-order valence-electron chi connectivity index (χ0n) is 25.8. The Hall–Kier alpha value is -4.52. The van der Waals surface area contributed by atoms with Crippen LogP contribution in [0.5, 0.6) is 17.4 Å². The van der Waals surface area contributed by atoms with Crippen LogP contribution in [0.15, 0.2) is 60.8 Å². The van der Waals surface area contributed by atoms with Crippen LogP contribution in [0.4, 0.5) is 21.6 Å². The number of ether oxygens (including phenoxy) is 3. The summed E-state index contributed by atoms with van der Waals surface area (Å²) in [7, 11) is 2.10. The number of likely N-dealkylation sites (N-methyl/N-ethyl adjacent to an activating group) is 1. The molecule has 0 spiro atoms. The van der Waals surface area contributed by atoms with Gasteiger partial charge in [0.25, 0.3) is 5.88 Å². The average molecular weight is 648 g/mol. The number of benzene rings is 2. The molecule has 2 aliphatic heterocycles. The van der Waals surface area contributed by atoms with Gasteiger partial charge in [-0.05, 0) is 55.1 Å². The minimum Gasteiger partial charge on any atom is -0.470 e. The van der Waals surface area contributed by atoms with Crippen LogP contribution in [-0.4, -0.2) is 76.4 Å². The number of amides is 1. The van der Waals surface area contributed by atoms with Crippen molar-refractivity contribution >= 4 is 34.7 Å². The molecule has 2 aromatic heterocycles. The number of rotatable bonds is 10. The van der Waals surface area contributed by atoms with Crippen LogP contribution in [0.1, 0.15) is 25.8 Å². The molecule has 240 valence electrons. The normalized spacial score (nSPS) is 15.8. The summed E-state index contributed by atoms with van der Waals surface area (Å²) in [5.41, 5.74) is 2.29. The maximum atomic E-state index is 14.8. The molecule has 11 nitrogen and oxygen atoms in total. The molecule has 0 radical (unpaired) electrons. The number of hydrogen-bond acceptors (Lipinski definition) is 10. The fraction of sp³-hybridized carbons (Fsp3) is 0.333. The van der Waals surface area contributed by atoms with Crippen LogP contribution in [-0.2, 0) is 11.4 Å². The summed E-state index contributed by atoms with van der Waals surface area (Å²) in [5.74, 6) is 0.488. The smallest absolute Gasteiger partial charge is 0.257 e. The predicted molar refractivity (Wildman–Crippen MR) is 173 cm³/mol. The lowest BCUT2D eigenvalue weighted by atomic mass is 10.1. The van der Waals surface area contributed by atoms with Gasteiger partial charge in [0, 0.05) is 81.5 Å². The van der Waals surface area contributed by atoms with E-state index in [-0.39, 0.29) is 29.7 Å². The molecule has 46 heavy (non-hydrogen) atoms. The number of halogens is 2. The van der Waals surface area contributed by atoms with Crippen molar-refractivity contribution in [3.05, 3.63) is 77.2 Å². The van der Waals surface area contributed by atoms with E-state index in [9.17, 15) is 9.18 Å². The van der Waals surface area contributed by atoms with Crippen molar-refractivity contribution in [2.75, 3.05) is 50.4 Å².